The van der Waals surface area contributed by atoms with E-state index in [-0.39, 0.29) is 24.4 Å². The Bertz CT molecular complexity index is 717. The third-order valence-corrected chi connectivity index (χ3v) is 3.33. The zero-order chi connectivity index (χ0) is 15.7. The number of alkyl halides is 3. The smallest absolute Gasteiger partial charge is 0.368 e. The molecule has 0 aliphatic carbocycles. The van der Waals surface area contributed by atoms with Crippen LogP contribution in [0.1, 0.15) is 36.2 Å². The highest BCUT2D eigenvalue weighted by Crippen LogP contribution is 2.27. The minimum atomic E-state index is -4.69. The SMILES string of the molecule is O=c1c(C(F)(F)F)cccn1Cc1noc(C2CCCO2)n1. The molecule has 0 radical (unpaired) electrons. The van der Waals surface area contributed by atoms with E-state index in [4.69, 9.17) is 9.26 Å². The quantitative estimate of drug-likeness (QED) is 0.868. The van der Waals surface area contributed by atoms with Gasteiger partial charge in [-0.05, 0) is 25.0 Å². The summed E-state index contributed by atoms with van der Waals surface area (Å²) >= 11 is 0. The monoisotopic (exact) mass is 315 g/mol. The fourth-order valence-electron chi connectivity index (χ4n) is 2.26. The molecule has 0 amide bonds. The number of ether oxygens (including phenoxy) is 1. The Hall–Kier alpha value is -2.16. The lowest BCUT2D eigenvalue weighted by molar-refractivity contribution is -0.138. The Morgan fingerprint density at radius 2 is 2.23 bits per heavy atom. The predicted octanol–water partition coefficient (Wildman–Crippen LogP) is 2.15. The molecule has 1 atom stereocenters. The molecule has 1 aliphatic rings. The number of aromatic nitrogens is 3. The van der Waals surface area contributed by atoms with Crippen LogP contribution in [-0.2, 0) is 17.5 Å². The topological polar surface area (TPSA) is 70.2 Å². The van der Waals surface area contributed by atoms with Crippen molar-refractivity contribution in [2.24, 2.45) is 0 Å². The van der Waals surface area contributed by atoms with E-state index >= 15 is 0 Å². The van der Waals surface area contributed by atoms with Crippen molar-refractivity contribution in [3.63, 3.8) is 0 Å². The average Bonchev–Trinajstić information content (AvgIpc) is 3.10. The Labute approximate surface area is 122 Å². The van der Waals surface area contributed by atoms with Gasteiger partial charge in [0.25, 0.3) is 11.4 Å². The highest BCUT2D eigenvalue weighted by molar-refractivity contribution is 5.14. The van der Waals surface area contributed by atoms with Gasteiger partial charge < -0.3 is 13.8 Å². The molecule has 0 aromatic carbocycles. The van der Waals surface area contributed by atoms with E-state index in [0.29, 0.717) is 6.61 Å². The molecule has 2 aromatic heterocycles. The summed E-state index contributed by atoms with van der Waals surface area (Å²) in [5, 5.41) is 3.68. The molecular formula is C13H12F3N3O3. The first kappa shape index (κ1) is 14.8. The van der Waals surface area contributed by atoms with Gasteiger partial charge >= 0.3 is 6.18 Å². The van der Waals surface area contributed by atoms with Crippen molar-refractivity contribution in [3.8, 4) is 0 Å². The van der Waals surface area contributed by atoms with Gasteiger partial charge in [0.15, 0.2) is 5.82 Å². The first-order valence-corrected chi connectivity index (χ1v) is 6.66. The molecule has 0 N–H and O–H groups in total. The number of hydrogen-bond donors (Lipinski definition) is 0. The molecule has 1 fully saturated rings. The lowest BCUT2D eigenvalue weighted by atomic mass is 10.2. The van der Waals surface area contributed by atoms with Crippen LogP contribution in [0.4, 0.5) is 13.2 Å². The first-order chi connectivity index (χ1) is 10.4. The maximum absolute atomic E-state index is 12.7. The normalized spacial score (nSPS) is 18.8. The van der Waals surface area contributed by atoms with Crippen LogP contribution in [0.5, 0.6) is 0 Å². The number of hydrogen-bond acceptors (Lipinski definition) is 5. The number of halogens is 3. The second-order valence-corrected chi connectivity index (χ2v) is 4.90. The van der Waals surface area contributed by atoms with E-state index in [2.05, 4.69) is 10.1 Å². The number of pyridine rings is 1. The second kappa shape index (κ2) is 5.56. The van der Waals surface area contributed by atoms with Crippen molar-refractivity contribution >= 4 is 0 Å². The molecule has 6 nitrogen and oxygen atoms in total. The van der Waals surface area contributed by atoms with E-state index in [1.807, 2.05) is 0 Å². The lowest BCUT2D eigenvalue weighted by Crippen LogP contribution is -2.28. The molecule has 0 bridgehead atoms. The van der Waals surface area contributed by atoms with Gasteiger partial charge in [-0.2, -0.15) is 18.2 Å². The van der Waals surface area contributed by atoms with Gasteiger partial charge in [-0.25, -0.2) is 0 Å². The van der Waals surface area contributed by atoms with Gasteiger partial charge in [0.1, 0.15) is 11.7 Å². The van der Waals surface area contributed by atoms with Crippen LogP contribution in [0.15, 0.2) is 27.6 Å². The summed E-state index contributed by atoms with van der Waals surface area (Å²) in [7, 11) is 0. The Morgan fingerprint density at radius 3 is 2.91 bits per heavy atom. The minimum absolute atomic E-state index is 0.131. The summed E-state index contributed by atoms with van der Waals surface area (Å²) in [5.41, 5.74) is -2.36. The predicted molar refractivity (Wildman–Crippen MR) is 67.0 cm³/mol. The summed E-state index contributed by atoms with van der Waals surface area (Å²) in [5.74, 6) is 0.416. The van der Waals surface area contributed by atoms with Gasteiger partial charge in [0.05, 0.1) is 6.54 Å². The zero-order valence-corrected chi connectivity index (χ0v) is 11.3. The molecule has 22 heavy (non-hydrogen) atoms. The van der Waals surface area contributed by atoms with Crippen molar-refractivity contribution in [2.45, 2.75) is 31.7 Å². The summed E-state index contributed by atoms with van der Waals surface area (Å²) in [6.45, 7) is 0.411. The Morgan fingerprint density at radius 1 is 1.41 bits per heavy atom. The van der Waals surface area contributed by atoms with Crippen molar-refractivity contribution in [1.29, 1.82) is 0 Å². The standard InChI is InChI=1S/C13H12F3N3O3/c14-13(15,16)8-3-1-5-19(12(8)20)7-10-17-11(22-18-10)9-4-2-6-21-9/h1,3,5,9H,2,4,6-7H2. The lowest BCUT2D eigenvalue weighted by Gasteiger charge is -2.08. The van der Waals surface area contributed by atoms with Crippen LogP contribution >= 0.6 is 0 Å². The fourth-order valence-corrected chi connectivity index (χ4v) is 2.26. The van der Waals surface area contributed by atoms with Gasteiger partial charge in [0, 0.05) is 12.8 Å². The summed E-state index contributed by atoms with van der Waals surface area (Å²) in [4.78, 5) is 15.9. The molecule has 1 saturated heterocycles. The van der Waals surface area contributed by atoms with Crippen LogP contribution in [0.3, 0.4) is 0 Å². The molecule has 1 unspecified atom stereocenters. The molecular weight excluding hydrogens is 303 g/mol. The van der Waals surface area contributed by atoms with Crippen molar-refractivity contribution in [2.75, 3.05) is 6.61 Å². The van der Waals surface area contributed by atoms with Crippen molar-refractivity contribution in [3.05, 3.63) is 46.0 Å². The van der Waals surface area contributed by atoms with Crippen LogP contribution in [0.25, 0.3) is 0 Å². The second-order valence-electron chi connectivity index (χ2n) is 4.90. The molecule has 0 spiro atoms. The van der Waals surface area contributed by atoms with Gasteiger partial charge in [-0.1, -0.05) is 5.16 Å². The number of nitrogens with zero attached hydrogens (tertiary/aromatic N) is 3. The Balaban J connectivity index is 1.83. The Kier molecular flexibility index (Phi) is 3.73. The van der Waals surface area contributed by atoms with Crippen molar-refractivity contribution in [1.82, 2.24) is 14.7 Å². The van der Waals surface area contributed by atoms with Gasteiger partial charge in [0.2, 0.25) is 0 Å². The highest BCUT2D eigenvalue weighted by atomic mass is 19.4. The maximum atomic E-state index is 12.7. The summed E-state index contributed by atoms with van der Waals surface area (Å²) in [6, 6.07) is 1.90. The van der Waals surface area contributed by atoms with E-state index in [1.54, 1.807) is 0 Å². The van der Waals surface area contributed by atoms with Crippen LogP contribution in [0, 0.1) is 0 Å². The molecule has 9 heteroatoms. The highest BCUT2D eigenvalue weighted by Gasteiger charge is 2.34. The molecule has 0 saturated carbocycles. The first-order valence-electron chi connectivity index (χ1n) is 6.66. The minimum Gasteiger partial charge on any atom is -0.368 e. The summed E-state index contributed by atoms with van der Waals surface area (Å²) < 4.78 is 49.4. The van der Waals surface area contributed by atoms with E-state index in [0.717, 1.165) is 29.5 Å². The van der Waals surface area contributed by atoms with Gasteiger partial charge in [-0.3, -0.25) is 4.79 Å². The molecule has 3 rings (SSSR count). The van der Waals surface area contributed by atoms with E-state index in [9.17, 15) is 18.0 Å². The average molecular weight is 315 g/mol. The van der Waals surface area contributed by atoms with Crippen LogP contribution in [-0.4, -0.2) is 21.3 Å². The van der Waals surface area contributed by atoms with Crippen LogP contribution in [0.2, 0.25) is 0 Å². The third kappa shape index (κ3) is 2.89. The van der Waals surface area contributed by atoms with Gasteiger partial charge in [-0.15, -0.1) is 0 Å². The number of rotatable bonds is 3. The van der Waals surface area contributed by atoms with E-state index in [1.165, 1.54) is 6.20 Å². The van der Waals surface area contributed by atoms with Crippen LogP contribution < -0.4 is 5.56 Å². The third-order valence-electron chi connectivity index (χ3n) is 3.33. The largest absolute Gasteiger partial charge is 0.421 e. The van der Waals surface area contributed by atoms with Crippen molar-refractivity contribution < 1.29 is 22.4 Å². The molecule has 3 heterocycles. The van der Waals surface area contributed by atoms with E-state index < -0.39 is 17.3 Å². The zero-order valence-electron chi connectivity index (χ0n) is 11.3. The maximum Gasteiger partial charge on any atom is 0.421 e. The molecule has 118 valence electrons. The molecule has 1 aliphatic heterocycles. The fraction of sp³-hybridized carbons (Fsp3) is 0.462. The summed E-state index contributed by atoms with van der Waals surface area (Å²) in [6.07, 6.45) is -2.08. The molecule has 2 aromatic rings.